The standard InChI is InChI=1S/C23H17N5O2/c24-22(30)16-10-11-17-18(12-16)26-23(25-17)20-21(29)19(27-28-20)15-8-6-14(7-9-15)13-4-2-1-3-5-13/h1-12,29H,(H2,24,30)(H,25,26)(H,27,28). The predicted molar refractivity (Wildman–Crippen MR) is 115 cm³/mol. The van der Waals surface area contributed by atoms with Gasteiger partial charge in [0.05, 0.1) is 11.0 Å². The van der Waals surface area contributed by atoms with Crippen LogP contribution in [0.5, 0.6) is 5.75 Å². The number of benzene rings is 3. The number of aromatic amines is 2. The number of nitrogens with zero attached hydrogens (tertiary/aromatic N) is 2. The smallest absolute Gasteiger partial charge is 0.248 e. The Morgan fingerprint density at radius 1 is 0.900 bits per heavy atom. The number of hydrogen-bond acceptors (Lipinski definition) is 4. The molecule has 0 aliphatic rings. The molecule has 0 saturated heterocycles. The molecule has 5 aromatic rings. The van der Waals surface area contributed by atoms with Gasteiger partial charge in [0.15, 0.2) is 11.6 Å². The Labute approximate surface area is 171 Å². The summed E-state index contributed by atoms with van der Waals surface area (Å²) in [6.07, 6.45) is 0. The topological polar surface area (TPSA) is 121 Å². The van der Waals surface area contributed by atoms with Crippen LogP contribution in [-0.4, -0.2) is 31.2 Å². The maximum absolute atomic E-state index is 11.4. The lowest BCUT2D eigenvalue weighted by Gasteiger charge is -2.03. The lowest BCUT2D eigenvalue weighted by Crippen LogP contribution is -2.10. The van der Waals surface area contributed by atoms with Crippen molar-refractivity contribution in [1.29, 1.82) is 0 Å². The minimum Gasteiger partial charge on any atom is -0.504 e. The van der Waals surface area contributed by atoms with Gasteiger partial charge in [-0.05, 0) is 29.3 Å². The Hall–Kier alpha value is -4.39. The second-order valence-electron chi connectivity index (χ2n) is 6.92. The number of amides is 1. The van der Waals surface area contributed by atoms with E-state index in [9.17, 15) is 9.90 Å². The fraction of sp³-hybridized carbons (Fsp3) is 0. The number of H-pyrrole nitrogens is 2. The van der Waals surface area contributed by atoms with Crippen LogP contribution in [0.1, 0.15) is 10.4 Å². The highest BCUT2D eigenvalue weighted by molar-refractivity contribution is 5.96. The van der Waals surface area contributed by atoms with Gasteiger partial charge in [0.2, 0.25) is 5.91 Å². The molecular formula is C23H17N5O2. The Kier molecular flexibility index (Phi) is 4.07. The van der Waals surface area contributed by atoms with E-state index in [4.69, 9.17) is 5.73 Å². The number of rotatable bonds is 4. The SMILES string of the molecule is NC(=O)c1ccc2nc(-c3[nH]nc(-c4ccc(-c5ccccc5)cc4)c3O)[nH]c2c1. The summed E-state index contributed by atoms with van der Waals surface area (Å²) in [5.41, 5.74) is 10.8. The zero-order chi connectivity index (χ0) is 20.7. The van der Waals surface area contributed by atoms with Crippen LogP contribution >= 0.6 is 0 Å². The van der Waals surface area contributed by atoms with E-state index in [1.54, 1.807) is 18.2 Å². The minimum atomic E-state index is -0.515. The Balaban J connectivity index is 1.50. The number of hydrogen-bond donors (Lipinski definition) is 4. The molecule has 0 fully saturated rings. The molecule has 3 aromatic carbocycles. The number of carbonyl (C=O) groups excluding carboxylic acids is 1. The summed E-state index contributed by atoms with van der Waals surface area (Å²) in [7, 11) is 0. The van der Waals surface area contributed by atoms with E-state index in [1.165, 1.54) is 0 Å². The molecule has 7 heteroatoms. The fourth-order valence-corrected chi connectivity index (χ4v) is 3.43. The van der Waals surface area contributed by atoms with Crippen LogP contribution in [0.3, 0.4) is 0 Å². The van der Waals surface area contributed by atoms with Crippen molar-refractivity contribution in [1.82, 2.24) is 20.2 Å². The number of carbonyl (C=O) groups is 1. The first kappa shape index (κ1) is 17.7. The normalized spacial score (nSPS) is 11.1. The van der Waals surface area contributed by atoms with E-state index in [-0.39, 0.29) is 5.75 Å². The van der Waals surface area contributed by atoms with Crippen molar-refractivity contribution in [3.8, 4) is 39.7 Å². The first-order chi connectivity index (χ1) is 14.6. The van der Waals surface area contributed by atoms with Crippen LogP contribution in [0, 0.1) is 0 Å². The predicted octanol–water partition coefficient (Wildman–Crippen LogP) is 4.09. The molecular weight excluding hydrogens is 378 g/mol. The number of imidazole rings is 1. The Morgan fingerprint density at radius 3 is 2.33 bits per heavy atom. The number of aromatic hydroxyl groups is 1. The van der Waals surface area contributed by atoms with Gasteiger partial charge < -0.3 is 15.8 Å². The molecule has 5 N–H and O–H groups in total. The second-order valence-corrected chi connectivity index (χ2v) is 6.92. The molecule has 0 saturated carbocycles. The molecule has 5 rings (SSSR count). The van der Waals surface area contributed by atoms with Crippen LogP contribution in [0.25, 0.3) is 44.9 Å². The van der Waals surface area contributed by atoms with Crippen molar-refractivity contribution in [2.24, 2.45) is 5.73 Å². The lowest BCUT2D eigenvalue weighted by molar-refractivity contribution is 0.100. The lowest BCUT2D eigenvalue weighted by atomic mass is 10.0. The van der Waals surface area contributed by atoms with Crippen molar-refractivity contribution in [2.45, 2.75) is 0 Å². The molecule has 0 aliphatic carbocycles. The molecule has 0 aliphatic heterocycles. The third-order valence-corrected chi connectivity index (χ3v) is 5.01. The van der Waals surface area contributed by atoms with Crippen LogP contribution < -0.4 is 5.73 Å². The molecule has 7 nitrogen and oxygen atoms in total. The number of primary amides is 1. The average molecular weight is 395 g/mol. The fourth-order valence-electron chi connectivity index (χ4n) is 3.43. The highest BCUT2D eigenvalue weighted by atomic mass is 16.3. The Morgan fingerprint density at radius 2 is 1.60 bits per heavy atom. The highest BCUT2D eigenvalue weighted by Crippen LogP contribution is 2.36. The van der Waals surface area contributed by atoms with Gasteiger partial charge in [-0.15, -0.1) is 0 Å². The van der Waals surface area contributed by atoms with Gasteiger partial charge >= 0.3 is 0 Å². The van der Waals surface area contributed by atoms with Crippen LogP contribution in [0.4, 0.5) is 0 Å². The summed E-state index contributed by atoms with van der Waals surface area (Å²) >= 11 is 0. The van der Waals surface area contributed by atoms with E-state index in [0.717, 1.165) is 16.7 Å². The maximum atomic E-state index is 11.4. The second kappa shape index (κ2) is 6.89. The van der Waals surface area contributed by atoms with Crippen molar-refractivity contribution in [2.75, 3.05) is 0 Å². The first-order valence-electron chi connectivity index (χ1n) is 9.33. The zero-order valence-electron chi connectivity index (χ0n) is 15.8. The summed E-state index contributed by atoms with van der Waals surface area (Å²) in [5.74, 6) is -0.0981. The quantitative estimate of drug-likeness (QED) is 0.366. The summed E-state index contributed by atoms with van der Waals surface area (Å²) in [6.45, 7) is 0. The molecule has 2 heterocycles. The Bertz CT molecular complexity index is 1370. The van der Waals surface area contributed by atoms with Gasteiger partial charge in [0.25, 0.3) is 0 Å². The number of aromatic nitrogens is 4. The van der Waals surface area contributed by atoms with Gasteiger partial charge in [0.1, 0.15) is 11.4 Å². The molecule has 0 radical (unpaired) electrons. The van der Waals surface area contributed by atoms with E-state index >= 15 is 0 Å². The summed E-state index contributed by atoms with van der Waals surface area (Å²) in [4.78, 5) is 18.9. The van der Waals surface area contributed by atoms with Crippen molar-refractivity contribution < 1.29 is 9.90 Å². The van der Waals surface area contributed by atoms with Gasteiger partial charge in [-0.3, -0.25) is 9.89 Å². The van der Waals surface area contributed by atoms with Crippen molar-refractivity contribution in [3.63, 3.8) is 0 Å². The van der Waals surface area contributed by atoms with E-state index in [1.807, 2.05) is 54.6 Å². The molecule has 0 bridgehead atoms. The largest absolute Gasteiger partial charge is 0.504 e. The third kappa shape index (κ3) is 2.98. The number of fused-ring (bicyclic) bond motifs is 1. The molecule has 30 heavy (non-hydrogen) atoms. The average Bonchev–Trinajstić information content (AvgIpc) is 3.37. The molecule has 2 aromatic heterocycles. The molecule has 146 valence electrons. The van der Waals surface area contributed by atoms with Crippen LogP contribution in [-0.2, 0) is 0 Å². The van der Waals surface area contributed by atoms with Crippen molar-refractivity contribution >= 4 is 16.9 Å². The molecule has 0 unspecified atom stereocenters. The van der Waals surface area contributed by atoms with E-state index in [0.29, 0.717) is 33.8 Å². The maximum Gasteiger partial charge on any atom is 0.248 e. The van der Waals surface area contributed by atoms with Gasteiger partial charge in [-0.1, -0.05) is 54.6 Å². The van der Waals surface area contributed by atoms with Crippen LogP contribution in [0.2, 0.25) is 0 Å². The monoisotopic (exact) mass is 395 g/mol. The summed E-state index contributed by atoms with van der Waals surface area (Å²) in [5, 5.41) is 17.9. The first-order valence-corrected chi connectivity index (χ1v) is 9.33. The highest BCUT2D eigenvalue weighted by Gasteiger charge is 2.18. The third-order valence-electron chi connectivity index (χ3n) is 5.01. The van der Waals surface area contributed by atoms with E-state index < -0.39 is 5.91 Å². The summed E-state index contributed by atoms with van der Waals surface area (Å²) < 4.78 is 0. The molecule has 0 spiro atoms. The van der Waals surface area contributed by atoms with E-state index in [2.05, 4.69) is 20.2 Å². The number of nitrogens with two attached hydrogens (primary N) is 1. The van der Waals surface area contributed by atoms with Gasteiger partial charge in [-0.25, -0.2) is 4.98 Å². The summed E-state index contributed by atoms with van der Waals surface area (Å²) in [6, 6.07) is 22.8. The number of nitrogens with one attached hydrogen (secondary N) is 2. The van der Waals surface area contributed by atoms with Gasteiger partial charge in [-0.2, -0.15) is 5.10 Å². The zero-order valence-corrected chi connectivity index (χ0v) is 15.8. The minimum absolute atomic E-state index is 0.00311. The van der Waals surface area contributed by atoms with Gasteiger partial charge in [0, 0.05) is 11.1 Å². The van der Waals surface area contributed by atoms with Crippen molar-refractivity contribution in [3.05, 3.63) is 78.4 Å². The van der Waals surface area contributed by atoms with Crippen LogP contribution in [0.15, 0.2) is 72.8 Å². The molecule has 0 atom stereocenters. The molecule has 1 amide bonds.